The molecule has 3 rings (SSSR count). The van der Waals surface area contributed by atoms with E-state index in [1.165, 1.54) is 0 Å². The Hall–Kier alpha value is -1.24. The molecule has 7 heteroatoms. The van der Waals surface area contributed by atoms with Gasteiger partial charge in [-0.3, -0.25) is 9.59 Å². The number of carbonyl (C=O) groups is 2. The number of carbonyl (C=O) groups excluding carboxylic acids is 2. The predicted octanol–water partition coefficient (Wildman–Crippen LogP) is 1.73. The fraction of sp³-hybridized carbons (Fsp3) is 0.467. The van der Waals surface area contributed by atoms with Crippen LogP contribution in [0.25, 0.3) is 0 Å². The predicted molar refractivity (Wildman–Crippen MR) is 91.7 cm³/mol. The molecule has 2 aliphatic rings. The second kappa shape index (κ2) is 6.89. The molecule has 1 aromatic rings. The lowest BCUT2D eigenvalue weighted by Gasteiger charge is -2.26. The highest BCUT2D eigenvalue weighted by Crippen LogP contribution is 2.33. The van der Waals surface area contributed by atoms with E-state index in [2.05, 4.69) is 5.32 Å². The number of benzene rings is 1. The van der Waals surface area contributed by atoms with Crippen molar-refractivity contribution in [2.75, 3.05) is 29.9 Å². The minimum Gasteiger partial charge on any atom is -0.337 e. The number of anilines is 1. The average Bonchev–Trinajstić information content (AvgIpc) is 3.27. The van der Waals surface area contributed by atoms with E-state index in [1.54, 1.807) is 24.3 Å². The summed E-state index contributed by atoms with van der Waals surface area (Å²) in [6.07, 6.45) is 1.45. The second-order valence-corrected chi connectivity index (χ2v) is 6.82. The Morgan fingerprint density at radius 2 is 1.91 bits per heavy atom. The van der Waals surface area contributed by atoms with E-state index >= 15 is 0 Å². The van der Waals surface area contributed by atoms with Crippen LogP contribution in [0.1, 0.15) is 23.2 Å². The highest BCUT2D eigenvalue weighted by molar-refractivity contribution is 7.99. The van der Waals surface area contributed by atoms with E-state index in [0.29, 0.717) is 11.3 Å². The minimum absolute atomic E-state index is 0. The third-order valence-corrected chi connectivity index (χ3v) is 4.85. The van der Waals surface area contributed by atoms with Crippen LogP contribution in [0.3, 0.4) is 0 Å². The van der Waals surface area contributed by atoms with Crippen LogP contribution in [0, 0.1) is 0 Å². The Morgan fingerprint density at radius 3 is 2.55 bits per heavy atom. The van der Waals surface area contributed by atoms with Crippen LogP contribution in [0.5, 0.6) is 0 Å². The molecule has 5 nitrogen and oxygen atoms in total. The third-order valence-electron chi connectivity index (χ3n) is 3.91. The molecule has 0 atom stereocenters. The largest absolute Gasteiger partial charge is 0.337 e. The summed E-state index contributed by atoms with van der Waals surface area (Å²) >= 11 is 1.87. The molecule has 1 aliphatic heterocycles. The third kappa shape index (κ3) is 3.74. The molecule has 3 N–H and O–H groups in total. The molecule has 1 aromatic carbocycles. The fourth-order valence-electron chi connectivity index (χ4n) is 2.30. The van der Waals surface area contributed by atoms with E-state index in [4.69, 9.17) is 5.73 Å². The number of nitrogens with zero attached hydrogens (tertiary/aromatic N) is 1. The lowest BCUT2D eigenvalue weighted by Crippen LogP contribution is -2.38. The van der Waals surface area contributed by atoms with Gasteiger partial charge in [0.05, 0.1) is 5.54 Å². The molecule has 120 valence electrons. The van der Waals surface area contributed by atoms with E-state index in [0.717, 1.165) is 37.4 Å². The summed E-state index contributed by atoms with van der Waals surface area (Å²) in [6, 6.07) is 7.09. The number of amides is 2. The van der Waals surface area contributed by atoms with E-state index in [-0.39, 0.29) is 24.2 Å². The number of hydrogen-bond donors (Lipinski definition) is 2. The zero-order chi connectivity index (χ0) is 14.9. The van der Waals surface area contributed by atoms with Gasteiger partial charge in [-0.2, -0.15) is 11.8 Å². The molecular weight excluding hydrogens is 322 g/mol. The summed E-state index contributed by atoms with van der Waals surface area (Å²) in [5.74, 6) is 1.83. The van der Waals surface area contributed by atoms with E-state index in [9.17, 15) is 9.59 Å². The maximum atomic E-state index is 12.4. The fourth-order valence-corrected chi connectivity index (χ4v) is 3.20. The van der Waals surface area contributed by atoms with Gasteiger partial charge in [-0.15, -0.1) is 12.4 Å². The van der Waals surface area contributed by atoms with Gasteiger partial charge in [-0.1, -0.05) is 6.07 Å². The molecule has 22 heavy (non-hydrogen) atoms. The first-order valence-electron chi connectivity index (χ1n) is 7.16. The number of rotatable bonds is 3. The Morgan fingerprint density at radius 1 is 1.23 bits per heavy atom. The van der Waals surface area contributed by atoms with Gasteiger partial charge in [-0.25, -0.2) is 0 Å². The molecule has 0 unspecified atom stereocenters. The van der Waals surface area contributed by atoms with Crippen molar-refractivity contribution in [3.63, 3.8) is 0 Å². The minimum atomic E-state index is -0.704. The molecule has 1 saturated carbocycles. The summed E-state index contributed by atoms with van der Waals surface area (Å²) in [6.45, 7) is 1.57. The van der Waals surface area contributed by atoms with Crippen molar-refractivity contribution in [3.05, 3.63) is 29.8 Å². The monoisotopic (exact) mass is 341 g/mol. The molecule has 1 saturated heterocycles. The molecule has 0 radical (unpaired) electrons. The number of nitrogens with one attached hydrogen (secondary N) is 1. The molecule has 0 aromatic heterocycles. The van der Waals surface area contributed by atoms with Crippen molar-refractivity contribution in [2.24, 2.45) is 5.73 Å². The van der Waals surface area contributed by atoms with E-state index < -0.39 is 5.54 Å². The number of thioether (sulfide) groups is 1. The second-order valence-electron chi connectivity index (χ2n) is 5.60. The van der Waals surface area contributed by atoms with Crippen molar-refractivity contribution in [1.29, 1.82) is 0 Å². The molecule has 0 bridgehead atoms. The van der Waals surface area contributed by atoms with E-state index in [1.807, 2.05) is 16.7 Å². The van der Waals surface area contributed by atoms with Gasteiger partial charge in [0.15, 0.2) is 0 Å². The molecule has 1 heterocycles. The van der Waals surface area contributed by atoms with Crippen molar-refractivity contribution < 1.29 is 9.59 Å². The molecule has 2 amide bonds. The van der Waals surface area contributed by atoms with Gasteiger partial charge in [0.25, 0.3) is 5.91 Å². The smallest absolute Gasteiger partial charge is 0.253 e. The SMILES string of the molecule is Cl.NC1(C(=O)Nc2cccc(C(=O)N3CCSCC3)c2)CC1. The molecule has 1 aliphatic carbocycles. The summed E-state index contributed by atoms with van der Waals surface area (Å²) < 4.78 is 0. The van der Waals surface area contributed by atoms with Crippen LogP contribution in [0.2, 0.25) is 0 Å². The first kappa shape index (κ1) is 17.1. The quantitative estimate of drug-likeness (QED) is 0.878. The number of hydrogen-bond acceptors (Lipinski definition) is 4. The van der Waals surface area contributed by atoms with Crippen LogP contribution < -0.4 is 11.1 Å². The standard InChI is InChI=1S/C15H19N3O2S.ClH/c16-15(4-5-15)14(20)17-12-3-1-2-11(10-12)13(19)18-6-8-21-9-7-18;/h1-3,10H,4-9,16H2,(H,17,20);1H. The van der Waals surface area contributed by atoms with Crippen molar-refractivity contribution >= 4 is 41.7 Å². The summed E-state index contributed by atoms with van der Waals surface area (Å²) in [5.41, 5.74) is 6.40. The Kier molecular flexibility index (Phi) is 5.36. The van der Waals surface area contributed by atoms with Crippen LogP contribution in [-0.2, 0) is 4.79 Å². The summed E-state index contributed by atoms with van der Waals surface area (Å²) in [7, 11) is 0. The Balaban J connectivity index is 0.00000176. The normalized spacial score (nSPS) is 19.0. The maximum Gasteiger partial charge on any atom is 0.253 e. The molecular formula is C15H20ClN3O2S. The van der Waals surface area contributed by atoms with Gasteiger partial charge < -0.3 is 16.0 Å². The van der Waals surface area contributed by atoms with Crippen molar-refractivity contribution in [1.82, 2.24) is 4.90 Å². The maximum absolute atomic E-state index is 12.4. The Bertz CT molecular complexity index is 572. The highest BCUT2D eigenvalue weighted by Gasteiger charge is 2.45. The van der Waals surface area contributed by atoms with Gasteiger partial charge in [0.1, 0.15) is 0 Å². The summed E-state index contributed by atoms with van der Waals surface area (Å²) in [5, 5.41) is 2.80. The van der Waals surface area contributed by atoms with Gasteiger partial charge in [0, 0.05) is 35.8 Å². The van der Waals surface area contributed by atoms with Crippen LogP contribution in [0.15, 0.2) is 24.3 Å². The van der Waals surface area contributed by atoms with Gasteiger partial charge >= 0.3 is 0 Å². The topological polar surface area (TPSA) is 75.4 Å². The van der Waals surface area contributed by atoms with Crippen LogP contribution >= 0.6 is 24.2 Å². The first-order valence-corrected chi connectivity index (χ1v) is 8.31. The zero-order valence-electron chi connectivity index (χ0n) is 12.2. The van der Waals surface area contributed by atoms with Gasteiger partial charge in [0.2, 0.25) is 5.91 Å². The lowest BCUT2D eigenvalue weighted by molar-refractivity contribution is -0.118. The first-order chi connectivity index (χ1) is 10.1. The molecule has 2 fully saturated rings. The average molecular weight is 342 g/mol. The highest BCUT2D eigenvalue weighted by atomic mass is 35.5. The van der Waals surface area contributed by atoms with Gasteiger partial charge in [-0.05, 0) is 31.0 Å². The number of nitrogens with two attached hydrogens (primary N) is 1. The van der Waals surface area contributed by atoms with Crippen molar-refractivity contribution in [3.8, 4) is 0 Å². The molecule has 0 spiro atoms. The van der Waals surface area contributed by atoms with Crippen LogP contribution in [0.4, 0.5) is 5.69 Å². The van der Waals surface area contributed by atoms with Crippen LogP contribution in [-0.4, -0.2) is 46.8 Å². The zero-order valence-corrected chi connectivity index (χ0v) is 13.8. The lowest BCUT2D eigenvalue weighted by atomic mass is 10.1. The summed E-state index contributed by atoms with van der Waals surface area (Å²) in [4.78, 5) is 26.2. The number of halogens is 1. The Labute approximate surface area is 140 Å². The van der Waals surface area contributed by atoms with Crippen molar-refractivity contribution in [2.45, 2.75) is 18.4 Å².